The molecular weight excluding hydrogens is 442 g/mol. The molecule has 0 spiro atoms. The van der Waals surface area contributed by atoms with Gasteiger partial charge in [-0.25, -0.2) is 9.78 Å². The third kappa shape index (κ3) is 5.46. The molecule has 0 saturated heterocycles. The van der Waals surface area contributed by atoms with Crippen LogP contribution >= 0.6 is 27.7 Å². The number of benzene rings is 2. The Balaban J connectivity index is 1.60. The van der Waals surface area contributed by atoms with Gasteiger partial charge < -0.3 is 14.6 Å². The zero-order valence-electron chi connectivity index (χ0n) is 15.1. The Morgan fingerprint density at radius 2 is 1.93 bits per heavy atom. The van der Waals surface area contributed by atoms with Crippen LogP contribution in [0, 0.1) is 0 Å². The minimum absolute atomic E-state index is 0.156. The summed E-state index contributed by atoms with van der Waals surface area (Å²) in [7, 11) is 1.87. The number of imidazole rings is 1. The van der Waals surface area contributed by atoms with Gasteiger partial charge in [-0.2, -0.15) is 0 Å². The first-order valence-electron chi connectivity index (χ1n) is 8.43. The van der Waals surface area contributed by atoms with E-state index >= 15 is 0 Å². The normalized spacial score (nSPS) is 10.5. The highest BCUT2D eigenvalue weighted by Gasteiger charge is 2.15. The molecule has 1 heterocycles. The van der Waals surface area contributed by atoms with Crippen molar-refractivity contribution in [2.45, 2.75) is 11.8 Å². The SMILES string of the molecule is Cn1ccnc1SCC(=O)Nc1ccccc1C(=O)OCc1ccc(Br)cc1. The summed E-state index contributed by atoms with van der Waals surface area (Å²) in [5.41, 5.74) is 1.62. The van der Waals surface area contributed by atoms with E-state index < -0.39 is 5.97 Å². The van der Waals surface area contributed by atoms with Crippen molar-refractivity contribution in [3.63, 3.8) is 0 Å². The van der Waals surface area contributed by atoms with E-state index in [4.69, 9.17) is 4.74 Å². The van der Waals surface area contributed by atoms with Crippen molar-refractivity contribution in [2.24, 2.45) is 7.05 Å². The molecular formula is C20H18BrN3O3S. The molecule has 0 radical (unpaired) electrons. The molecule has 6 nitrogen and oxygen atoms in total. The van der Waals surface area contributed by atoms with Crippen LogP contribution in [-0.2, 0) is 23.2 Å². The van der Waals surface area contributed by atoms with Gasteiger partial charge in [0.05, 0.1) is 17.0 Å². The number of halogens is 1. The van der Waals surface area contributed by atoms with Crippen molar-refractivity contribution in [3.05, 3.63) is 76.5 Å². The van der Waals surface area contributed by atoms with Crippen molar-refractivity contribution in [1.29, 1.82) is 0 Å². The van der Waals surface area contributed by atoms with Gasteiger partial charge in [0.1, 0.15) is 6.61 Å². The number of nitrogens with zero attached hydrogens (tertiary/aromatic N) is 2. The number of hydrogen-bond acceptors (Lipinski definition) is 5. The third-order valence-electron chi connectivity index (χ3n) is 3.81. The summed E-state index contributed by atoms with van der Waals surface area (Å²) in [6, 6.07) is 14.3. The van der Waals surface area contributed by atoms with E-state index in [1.54, 1.807) is 30.5 Å². The molecule has 0 saturated carbocycles. The summed E-state index contributed by atoms with van der Waals surface area (Å²) in [5.74, 6) is -0.524. The van der Waals surface area contributed by atoms with Gasteiger partial charge in [0.25, 0.3) is 0 Å². The summed E-state index contributed by atoms with van der Waals surface area (Å²) in [5, 5.41) is 3.52. The fourth-order valence-electron chi connectivity index (χ4n) is 2.38. The molecule has 0 atom stereocenters. The second kappa shape index (κ2) is 9.57. The third-order valence-corrected chi connectivity index (χ3v) is 5.40. The number of ether oxygens (including phenoxy) is 1. The zero-order valence-corrected chi connectivity index (χ0v) is 17.5. The molecule has 1 aromatic heterocycles. The average Bonchev–Trinajstić information content (AvgIpc) is 3.11. The predicted octanol–water partition coefficient (Wildman–Crippen LogP) is 4.27. The number of esters is 1. The average molecular weight is 460 g/mol. The quantitative estimate of drug-likeness (QED) is 0.421. The highest BCUT2D eigenvalue weighted by atomic mass is 79.9. The molecule has 28 heavy (non-hydrogen) atoms. The number of carbonyl (C=O) groups is 2. The standard InChI is InChI=1S/C20H18BrN3O3S/c1-24-11-10-22-20(24)28-13-18(25)23-17-5-3-2-4-16(17)19(26)27-12-14-6-8-15(21)9-7-14/h2-11H,12-13H2,1H3,(H,23,25). The van der Waals surface area contributed by atoms with E-state index in [1.807, 2.05) is 42.1 Å². The maximum absolute atomic E-state index is 12.5. The van der Waals surface area contributed by atoms with Gasteiger partial charge >= 0.3 is 5.97 Å². The lowest BCUT2D eigenvalue weighted by Gasteiger charge is -2.11. The van der Waals surface area contributed by atoms with Crippen molar-refractivity contribution in [2.75, 3.05) is 11.1 Å². The van der Waals surface area contributed by atoms with Crippen molar-refractivity contribution in [1.82, 2.24) is 9.55 Å². The molecule has 3 aromatic rings. The number of carbonyl (C=O) groups excluding carboxylic acids is 2. The van der Waals surface area contributed by atoms with Crippen LogP contribution in [0.2, 0.25) is 0 Å². The van der Waals surface area contributed by atoms with E-state index in [-0.39, 0.29) is 18.3 Å². The van der Waals surface area contributed by atoms with Crippen LogP contribution in [0.5, 0.6) is 0 Å². The lowest BCUT2D eigenvalue weighted by Crippen LogP contribution is -2.17. The Morgan fingerprint density at radius 1 is 1.18 bits per heavy atom. The smallest absolute Gasteiger partial charge is 0.340 e. The lowest BCUT2D eigenvalue weighted by molar-refractivity contribution is -0.113. The first-order valence-corrected chi connectivity index (χ1v) is 10.2. The maximum atomic E-state index is 12.5. The highest BCUT2D eigenvalue weighted by Crippen LogP contribution is 2.19. The van der Waals surface area contributed by atoms with E-state index in [0.29, 0.717) is 11.3 Å². The molecule has 1 amide bonds. The molecule has 0 bridgehead atoms. The molecule has 3 rings (SSSR count). The zero-order chi connectivity index (χ0) is 19.9. The number of aryl methyl sites for hydroxylation is 1. The predicted molar refractivity (Wildman–Crippen MR) is 112 cm³/mol. The van der Waals surface area contributed by atoms with Gasteiger partial charge in [-0.05, 0) is 29.8 Å². The molecule has 0 unspecified atom stereocenters. The maximum Gasteiger partial charge on any atom is 0.340 e. The summed E-state index contributed by atoms with van der Waals surface area (Å²) < 4.78 is 8.18. The number of anilines is 1. The largest absolute Gasteiger partial charge is 0.457 e. The number of nitrogens with one attached hydrogen (secondary N) is 1. The van der Waals surface area contributed by atoms with Gasteiger partial charge in [-0.3, -0.25) is 4.79 Å². The topological polar surface area (TPSA) is 73.2 Å². The van der Waals surface area contributed by atoms with Crippen molar-refractivity contribution >= 4 is 45.3 Å². The van der Waals surface area contributed by atoms with E-state index in [1.165, 1.54) is 11.8 Å². The van der Waals surface area contributed by atoms with Crippen LogP contribution in [-0.4, -0.2) is 27.2 Å². The summed E-state index contributed by atoms with van der Waals surface area (Å²) in [6.07, 6.45) is 3.49. The molecule has 8 heteroatoms. The highest BCUT2D eigenvalue weighted by molar-refractivity contribution is 9.10. The van der Waals surface area contributed by atoms with Gasteiger partial charge in [0.15, 0.2) is 5.16 Å². The van der Waals surface area contributed by atoms with Crippen molar-refractivity contribution < 1.29 is 14.3 Å². The van der Waals surface area contributed by atoms with E-state index in [0.717, 1.165) is 15.2 Å². The second-order valence-electron chi connectivity index (χ2n) is 5.91. The Kier molecular flexibility index (Phi) is 6.89. The molecule has 0 aliphatic heterocycles. The first-order chi connectivity index (χ1) is 13.5. The lowest BCUT2D eigenvalue weighted by atomic mass is 10.1. The minimum Gasteiger partial charge on any atom is -0.457 e. The van der Waals surface area contributed by atoms with Crippen LogP contribution in [0.15, 0.2) is 70.6 Å². The molecule has 1 N–H and O–H groups in total. The summed E-state index contributed by atoms with van der Waals surface area (Å²) in [4.78, 5) is 28.9. The Morgan fingerprint density at radius 3 is 2.64 bits per heavy atom. The number of aromatic nitrogens is 2. The molecule has 144 valence electrons. The van der Waals surface area contributed by atoms with Crippen molar-refractivity contribution in [3.8, 4) is 0 Å². The number of amides is 1. The minimum atomic E-state index is -0.490. The Labute approximate surface area is 175 Å². The van der Waals surface area contributed by atoms with Gasteiger partial charge in [0.2, 0.25) is 5.91 Å². The number of rotatable bonds is 7. The molecule has 2 aromatic carbocycles. The van der Waals surface area contributed by atoms with Crippen LogP contribution in [0.1, 0.15) is 15.9 Å². The molecule has 0 fully saturated rings. The number of para-hydroxylation sites is 1. The van der Waals surface area contributed by atoms with Crippen LogP contribution < -0.4 is 5.32 Å². The Hall–Kier alpha value is -2.58. The summed E-state index contributed by atoms with van der Waals surface area (Å²) >= 11 is 4.69. The summed E-state index contributed by atoms with van der Waals surface area (Å²) in [6.45, 7) is 0.156. The Bertz CT molecular complexity index is 973. The van der Waals surface area contributed by atoms with E-state index in [2.05, 4.69) is 26.2 Å². The van der Waals surface area contributed by atoms with Gasteiger partial charge in [0, 0.05) is 23.9 Å². The number of thioether (sulfide) groups is 1. The van der Waals surface area contributed by atoms with Gasteiger partial charge in [-0.15, -0.1) is 0 Å². The fraction of sp³-hybridized carbons (Fsp3) is 0.150. The van der Waals surface area contributed by atoms with Crippen LogP contribution in [0.4, 0.5) is 5.69 Å². The van der Waals surface area contributed by atoms with Gasteiger partial charge in [-0.1, -0.05) is 52.0 Å². The van der Waals surface area contributed by atoms with E-state index in [9.17, 15) is 9.59 Å². The molecule has 0 aliphatic carbocycles. The fourth-order valence-corrected chi connectivity index (χ4v) is 3.38. The van der Waals surface area contributed by atoms with Crippen LogP contribution in [0.25, 0.3) is 0 Å². The second-order valence-corrected chi connectivity index (χ2v) is 7.76. The first kappa shape index (κ1) is 20.2. The monoisotopic (exact) mass is 459 g/mol. The molecule has 0 aliphatic rings. The number of hydrogen-bond donors (Lipinski definition) is 1. The van der Waals surface area contributed by atoms with Crippen LogP contribution in [0.3, 0.4) is 0 Å².